The van der Waals surface area contributed by atoms with Crippen LogP contribution in [0.2, 0.25) is 5.02 Å². The molecule has 0 bridgehead atoms. The zero-order valence-electron chi connectivity index (χ0n) is 16.4. The smallest absolute Gasteiger partial charge is 0.249 e. The number of hydrogen-bond acceptors (Lipinski definition) is 4. The first-order valence-corrected chi connectivity index (χ1v) is 9.74. The molecule has 3 aromatic rings. The summed E-state index contributed by atoms with van der Waals surface area (Å²) in [5.41, 5.74) is 3.05. The van der Waals surface area contributed by atoms with Crippen LogP contribution in [-0.2, 0) is 17.8 Å². The van der Waals surface area contributed by atoms with Crippen molar-refractivity contribution in [2.45, 2.75) is 46.2 Å². The molecule has 0 radical (unpaired) electrons. The number of benzene rings is 2. The van der Waals surface area contributed by atoms with Crippen LogP contribution in [0.4, 0.5) is 0 Å². The van der Waals surface area contributed by atoms with E-state index in [1.165, 1.54) is 5.56 Å². The molecule has 0 unspecified atom stereocenters. The summed E-state index contributed by atoms with van der Waals surface area (Å²) in [6, 6.07) is 15.6. The third-order valence-corrected chi connectivity index (χ3v) is 4.90. The van der Waals surface area contributed by atoms with Gasteiger partial charge in [-0.25, -0.2) is 0 Å². The zero-order chi connectivity index (χ0) is 20.1. The van der Waals surface area contributed by atoms with E-state index in [0.717, 1.165) is 5.56 Å². The molecule has 0 atom stereocenters. The normalized spacial score (nSPS) is 11.0. The molecule has 0 saturated heterocycles. The largest absolute Gasteiger partial charge is 0.419 e. The molecule has 0 saturated carbocycles. The molecule has 5 nitrogen and oxygen atoms in total. The second-order valence-electron chi connectivity index (χ2n) is 7.08. The first-order valence-electron chi connectivity index (χ1n) is 9.36. The lowest BCUT2D eigenvalue weighted by Crippen LogP contribution is -2.36. The number of rotatable bonds is 7. The van der Waals surface area contributed by atoms with E-state index in [-0.39, 0.29) is 18.5 Å². The van der Waals surface area contributed by atoms with Crippen molar-refractivity contribution < 1.29 is 9.21 Å². The molecule has 0 N–H and O–H groups in total. The van der Waals surface area contributed by atoms with Gasteiger partial charge in [-0.1, -0.05) is 53.6 Å². The van der Waals surface area contributed by atoms with Gasteiger partial charge in [0, 0.05) is 12.5 Å². The first-order chi connectivity index (χ1) is 13.4. The summed E-state index contributed by atoms with van der Waals surface area (Å²) >= 11 is 6.19. The van der Waals surface area contributed by atoms with E-state index in [1.807, 2.05) is 32.0 Å². The molecule has 28 heavy (non-hydrogen) atoms. The van der Waals surface area contributed by atoms with Gasteiger partial charge in [-0.05, 0) is 44.9 Å². The van der Waals surface area contributed by atoms with Gasteiger partial charge in [-0.15, -0.1) is 10.2 Å². The van der Waals surface area contributed by atoms with Crippen LogP contribution in [0.5, 0.6) is 0 Å². The third kappa shape index (κ3) is 4.98. The Morgan fingerprint density at radius 2 is 1.82 bits per heavy atom. The van der Waals surface area contributed by atoms with Gasteiger partial charge in [0.25, 0.3) is 0 Å². The van der Waals surface area contributed by atoms with E-state index in [0.29, 0.717) is 35.2 Å². The predicted octanol–water partition coefficient (Wildman–Crippen LogP) is 5.07. The number of hydrogen-bond donors (Lipinski definition) is 0. The highest BCUT2D eigenvalue weighted by Crippen LogP contribution is 2.26. The lowest BCUT2D eigenvalue weighted by molar-refractivity contribution is -0.133. The van der Waals surface area contributed by atoms with Crippen LogP contribution in [0.15, 0.2) is 52.9 Å². The van der Waals surface area contributed by atoms with Gasteiger partial charge in [-0.2, -0.15) is 0 Å². The zero-order valence-corrected chi connectivity index (χ0v) is 17.1. The van der Waals surface area contributed by atoms with Gasteiger partial charge in [0.1, 0.15) is 0 Å². The van der Waals surface area contributed by atoms with E-state index in [2.05, 4.69) is 41.4 Å². The molecule has 6 heteroatoms. The fourth-order valence-electron chi connectivity index (χ4n) is 2.92. The van der Waals surface area contributed by atoms with E-state index in [9.17, 15) is 4.79 Å². The lowest BCUT2D eigenvalue weighted by atomic mass is 10.1. The van der Waals surface area contributed by atoms with Gasteiger partial charge < -0.3 is 9.32 Å². The minimum atomic E-state index is 0.0289. The highest BCUT2D eigenvalue weighted by molar-refractivity contribution is 6.33. The molecule has 0 aliphatic carbocycles. The molecule has 0 fully saturated rings. The molecule has 1 aromatic heterocycles. The van der Waals surface area contributed by atoms with Crippen LogP contribution in [0, 0.1) is 6.92 Å². The van der Waals surface area contributed by atoms with Crippen molar-refractivity contribution >= 4 is 17.5 Å². The summed E-state index contributed by atoms with van der Waals surface area (Å²) in [5, 5.41) is 8.73. The SMILES string of the molecule is Cc1ccc(CCC(=O)N(Cc2nnc(-c3ccccc3Cl)o2)C(C)C)cc1. The van der Waals surface area contributed by atoms with Crippen molar-refractivity contribution in [1.82, 2.24) is 15.1 Å². The topological polar surface area (TPSA) is 59.2 Å². The Bertz CT molecular complexity index is 935. The Kier molecular flexibility index (Phi) is 6.47. The molecule has 146 valence electrons. The molecule has 1 heterocycles. The van der Waals surface area contributed by atoms with Crippen LogP contribution >= 0.6 is 11.6 Å². The number of nitrogens with zero attached hydrogens (tertiary/aromatic N) is 3. The van der Waals surface area contributed by atoms with Gasteiger partial charge in [0.2, 0.25) is 17.7 Å². The van der Waals surface area contributed by atoms with Crippen molar-refractivity contribution in [2.24, 2.45) is 0 Å². The van der Waals surface area contributed by atoms with E-state index >= 15 is 0 Å². The van der Waals surface area contributed by atoms with Crippen LogP contribution < -0.4 is 0 Å². The Balaban J connectivity index is 1.67. The fourth-order valence-corrected chi connectivity index (χ4v) is 3.13. The van der Waals surface area contributed by atoms with Crippen LogP contribution in [0.25, 0.3) is 11.5 Å². The number of aryl methyl sites for hydroxylation is 2. The minimum absolute atomic E-state index is 0.0289. The quantitative estimate of drug-likeness (QED) is 0.558. The van der Waals surface area contributed by atoms with E-state index < -0.39 is 0 Å². The van der Waals surface area contributed by atoms with Crippen molar-refractivity contribution in [2.75, 3.05) is 0 Å². The standard InChI is InChI=1S/C22H24ClN3O2/c1-15(2)26(21(27)13-12-17-10-8-16(3)9-11-17)14-20-24-25-22(28-20)18-6-4-5-7-19(18)23/h4-11,15H,12-14H2,1-3H3. The molecule has 0 aliphatic rings. The second-order valence-corrected chi connectivity index (χ2v) is 7.49. The summed E-state index contributed by atoms with van der Waals surface area (Å²) in [7, 11) is 0. The minimum Gasteiger partial charge on any atom is -0.419 e. The summed E-state index contributed by atoms with van der Waals surface area (Å²) in [6.07, 6.45) is 1.14. The molecule has 0 spiro atoms. The van der Waals surface area contributed by atoms with Crippen molar-refractivity contribution in [3.8, 4) is 11.5 Å². The molecule has 3 rings (SSSR count). The number of halogens is 1. The Morgan fingerprint density at radius 3 is 2.50 bits per heavy atom. The number of carbonyl (C=O) groups excluding carboxylic acids is 1. The highest BCUT2D eigenvalue weighted by atomic mass is 35.5. The first kappa shape index (κ1) is 20.1. The van der Waals surface area contributed by atoms with Crippen LogP contribution in [0.3, 0.4) is 0 Å². The van der Waals surface area contributed by atoms with Crippen molar-refractivity contribution in [3.05, 3.63) is 70.6 Å². The lowest BCUT2D eigenvalue weighted by Gasteiger charge is -2.25. The van der Waals surface area contributed by atoms with E-state index in [4.69, 9.17) is 16.0 Å². The summed E-state index contributed by atoms with van der Waals surface area (Å²) in [5.74, 6) is 0.816. The Labute approximate surface area is 170 Å². The van der Waals surface area contributed by atoms with Crippen LogP contribution in [0.1, 0.15) is 37.3 Å². The molecule has 1 amide bonds. The third-order valence-electron chi connectivity index (χ3n) is 4.57. The molecule has 0 aliphatic heterocycles. The van der Waals surface area contributed by atoms with Gasteiger partial charge in [0.15, 0.2) is 0 Å². The van der Waals surface area contributed by atoms with E-state index in [1.54, 1.807) is 11.0 Å². The summed E-state index contributed by atoms with van der Waals surface area (Å²) in [6.45, 7) is 6.29. The highest BCUT2D eigenvalue weighted by Gasteiger charge is 2.21. The second kappa shape index (κ2) is 9.02. The number of amides is 1. The summed E-state index contributed by atoms with van der Waals surface area (Å²) in [4.78, 5) is 14.5. The van der Waals surface area contributed by atoms with Crippen molar-refractivity contribution in [1.29, 1.82) is 0 Å². The average molecular weight is 398 g/mol. The fraction of sp³-hybridized carbons (Fsp3) is 0.318. The predicted molar refractivity (Wildman–Crippen MR) is 110 cm³/mol. The molecular formula is C22H24ClN3O2. The van der Waals surface area contributed by atoms with Gasteiger partial charge in [0.05, 0.1) is 17.1 Å². The summed E-state index contributed by atoms with van der Waals surface area (Å²) < 4.78 is 5.76. The maximum Gasteiger partial charge on any atom is 0.249 e. The Hall–Kier alpha value is -2.66. The molecular weight excluding hydrogens is 374 g/mol. The average Bonchev–Trinajstić information content (AvgIpc) is 3.14. The molecule has 2 aromatic carbocycles. The number of carbonyl (C=O) groups is 1. The maximum atomic E-state index is 12.8. The van der Waals surface area contributed by atoms with Crippen LogP contribution in [-0.4, -0.2) is 27.0 Å². The van der Waals surface area contributed by atoms with Gasteiger partial charge in [-0.3, -0.25) is 4.79 Å². The Morgan fingerprint density at radius 1 is 1.11 bits per heavy atom. The van der Waals surface area contributed by atoms with Gasteiger partial charge >= 0.3 is 0 Å². The maximum absolute atomic E-state index is 12.8. The monoisotopic (exact) mass is 397 g/mol. The number of aromatic nitrogens is 2. The van der Waals surface area contributed by atoms with Crippen molar-refractivity contribution in [3.63, 3.8) is 0 Å².